The summed E-state index contributed by atoms with van der Waals surface area (Å²) in [5.74, 6) is 0. The van der Waals surface area contributed by atoms with Crippen LogP contribution < -0.4 is 37.2 Å². The fraction of sp³-hybridized carbons (Fsp3) is 0.571. The Kier molecular flexibility index (Phi) is 14.9. The van der Waals surface area contributed by atoms with E-state index in [9.17, 15) is 0 Å². The molecule has 2 aliphatic rings. The lowest BCUT2D eigenvalue weighted by Gasteiger charge is -2.19. The zero-order chi connectivity index (χ0) is 27.1. The quantitative estimate of drug-likeness (QED) is 0.400. The highest BCUT2D eigenvalue weighted by Gasteiger charge is 2.06. The number of hydrogen-bond acceptors (Lipinski definition) is 8. The second-order valence-corrected chi connectivity index (χ2v) is 9.59. The average Bonchev–Trinajstić information content (AvgIpc) is 2.87. The van der Waals surface area contributed by atoms with Crippen molar-refractivity contribution in [1.29, 1.82) is 0 Å². The molecule has 0 saturated carbocycles. The molecule has 36 heavy (non-hydrogen) atoms. The Hall–Kier alpha value is -2.52. The molecular weight excluding hydrogens is 450 g/mol. The molecule has 0 spiro atoms. The number of hydrogen-bond donors (Lipinski definition) is 5. The van der Waals surface area contributed by atoms with E-state index in [1.807, 2.05) is 47.2 Å². The van der Waals surface area contributed by atoms with Gasteiger partial charge in [-0.1, -0.05) is 12.1 Å². The molecule has 8 nitrogen and oxygen atoms in total. The molecule has 7 N–H and O–H groups in total. The van der Waals surface area contributed by atoms with Gasteiger partial charge in [0.05, 0.1) is 13.2 Å². The van der Waals surface area contributed by atoms with Crippen LogP contribution in [0.15, 0.2) is 24.3 Å². The number of benzene rings is 2. The molecule has 204 valence electrons. The summed E-state index contributed by atoms with van der Waals surface area (Å²) in [4.78, 5) is 4.17. The van der Waals surface area contributed by atoms with Gasteiger partial charge in [-0.25, -0.2) is 0 Å². The summed E-state index contributed by atoms with van der Waals surface area (Å²) in [5.41, 5.74) is 20.6. The van der Waals surface area contributed by atoms with E-state index >= 15 is 0 Å². The van der Waals surface area contributed by atoms with E-state index in [2.05, 4.69) is 58.7 Å². The van der Waals surface area contributed by atoms with Crippen molar-refractivity contribution in [3.05, 3.63) is 46.5 Å². The number of rotatable bonds is 2. The van der Waals surface area contributed by atoms with E-state index < -0.39 is 0 Å². The number of aryl methyl sites for hydroxylation is 3. The first-order valence-corrected chi connectivity index (χ1v) is 12.8. The largest absolute Gasteiger partial charge is 0.398 e. The average molecular weight is 502 g/mol. The van der Waals surface area contributed by atoms with Gasteiger partial charge in [-0.05, 0) is 62.1 Å². The number of nitrogens with zero attached hydrogens (tertiary/aromatic N) is 2. The highest BCUT2D eigenvalue weighted by molar-refractivity contribution is 5.67. The Labute approximate surface area is 219 Å². The first-order chi connectivity index (χ1) is 17.1. The smallest absolute Gasteiger partial charge is 0.0591 e. The molecular formula is C28H51N7O. The Morgan fingerprint density at radius 2 is 1.17 bits per heavy atom. The lowest BCUT2D eigenvalue weighted by atomic mass is 10.1. The van der Waals surface area contributed by atoms with Gasteiger partial charge >= 0.3 is 0 Å². The molecule has 0 atom stereocenters. The molecule has 0 unspecified atom stereocenters. The van der Waals surface area contributed by atoms with Crippen molar-refractivity contribution in [1.82, 2.24) is 16.0 Å². The highest BCUT2D eigenvalue weighted by atomic mass is 16.5. The van der Waals surface area contributed by atoms with E-state index in [1.165, 1.54) is 28.1 Å². The summed E-state index contributed by atoms with van der Waals surface area (Å²) in [6.07, 6.45) is 0. The van der Waals surface area contributed by atoms with E-state index in [4.69, 9.17) is 16.2 Å². The van der Waals surface area contributed by atoms with E-state index in [0.29, 0.717) is 0 Å². The number of anilines is 4. The predicted molar refractivity (Wildman–Crippen MR) is 159 cm³/mol. The molecule has 0 radical (unpaired) electrons. The minimum atomic E-state index is 0.865. The van der Waals surface area contributed by atoms with Crippen LogP contribution in [0.2, 0.25) is 0 Å². The maximum atomic E-state index is 5.80. The first kappa shape index (κ1) is 31.5. The number of nitrogens with two attached hydrogens (primary N) is 2. The molecule has 2 saturated heterocycles. The van der Waals surface area contributed by atoms with Gasteiger partial charge in [-0.3, -0.25) is 0 Å². The van der Waals surface area contributed by atoms with Crippen LogP contribution in [-0.2, 0) is 4.74 Å². The first-order valence-electron chi connectivity index (χ1n) is 12.8. The lowest BCUT2D eigenvalue weighted by Crippen LogP contribution is -2.39. The van der Waals surface area contributed by atoms with Crippen LogP contribution in [0, 0.1) is 27.7 Å². The fourth-order valence-electron chi connectivity index (χ4n) is 4.00. The summed E-state index contributed by atoms with van der Waals surface area (Å²) in [7, 11) is 8.12. The highest BCUT2D eigenvalue weighted by Crippen LogP contribution is 2.27. The van der Waals surface area contributed by atoms with E-state index in [0.717, 1.165) is 69.4 Å². The van der Waals surface area contributed by atoms with Crippen LogP contribution in [0.1, 0.15) is 22.3 Å². The standard InChI is InChI=1S/2C10H16N2.C4H10N2.C4H9NO/c1-7-5-8(2)10(12(3)4)6-9(7)11;1-7-5-6-9(11)8(2)10(7)12(3)4;1-2-6-4-3-5-1;1-3-6-4-2-5-1/h2*5-6H,11H2,1-4H3;5-6H,1-4H2;5H,1-4H2. The molecule has 0 bridgehead atoms. The van der Waals surface area contributed by atoms with Gasteiger partial charge in [-0.15, -0.1) is 0 Å². The summed E-state index contributed by atoms with van der Waals surface area (Å²) >= 11 is 0. The van der Waals surface area contributed by atoms with Gasteiger partial charge < -0.3 is 42.0 Å². The van der Waals surface area contributed by atoms with Gasteiger partial charge in [0.15, 0.2) is 0 Å². The van der Waals surface area contributed by atoms with Crippen molar-refractivity contribution in [2.45, 2.75) is 27.7 Å². The number of nitrogen functional groups attached to an aromatic ring is 2. The van der Waals surface area contributed by atoms with E-state index in [-0.39, 0.29) is 0 Å². The normalized spacial score (nSPS) is 14.7. The summed E-state index contributed by atoms with van der Waals surface area (Å²) in [6.45, 7) is 16.7. The van der Waals surface area contributed by atoms with Crippen molar-refractivity contribution in [3.63, 3.8) is 0 Å². The Morgan fingerprint density at radius 1 is 0.639 bits per heavy atom. The molecule has 2 aliphatic heterocycles. The van der Waals surface area contributed by atoms with Crippen LogP contribution in [0.5, 0.6) is 0 Å². The molecule has 0 aromatic heterocycles. The molecule has 2 heterocycles. The van der Waals surface area contributed by atoms with Crippen molar-refractivity contribution < 1.29 is 4.74 Å². The molecule has 0 aliphatic carbocycles. The van der Waals surface area contributed by atoms with Crippen molar-refractivity contribution in [2.75, 3.05) is 102 Å². The van der Waals surface area contributed by atoms with Gasteiger partial charge in [0, 0.05) is 90.2 Å². The zero-order valence-electron chi connectivity index (χ0n) is 23.9. The lowest BCUT2D eigenvalue weighted by molar-refractivity contribution is 0.109. The summed E-state index contributed by atoms with van der Waals surface area (Å²) < 4.78 is 5.01. The molecule has 2 aromatic rings. The van der Waals surface area contributed by atoms with E-state index in [1.54, 1.807) is 0 Å². The van der Waals surface area contributed by atoms with Gasteiger partial charge in [-0.2, -0.15) is 0 Å². The van der Waals surface area contributed by atoms with Crippen LogP contribution >= 0.6 is 0 Å². The van der Waals surface area contributed by atoms with Crippen LogP contribution in [0.4, 0.5) is 22.7 Å². The topological polar surface area (TPSA) is 104 Å². The molecule has 2 aromatic carbocycles. The van der Waals surface area contributed by atoms with Crippen molar-refractivity contribution in [2.24, 2.45) is 0 Å². The number of piperazine rings is 1. The summed E-state index contributed by atoms with van der Waals surface area (Å²) in [6, 6.07) is 8.14. The van der Waals surface area contributed by atoms with Crippen molar-refractivity contribution >= 4 is 22.7 Å². The van der Waals surface area contributed by atoms with Gasteiger partial charge in [0.1, 0.15) is 0 Å². The van der Waals surface area contributed by atoms with Crippen molar-refractivity contribution in [3.8, 4) is 0 Å². The maximum absolute atomic E-state index is 5.80. The fourth-order valence-corrected chi connectivity index (χ4v) is 4.00. The van der Waals surface area contributed by atoms with Gasteiger partial charge in [0.2, 0.25) is 0 Å². The predicted octanol–water partition coefficient (Wildman–Crippen LogP) is 2.69. The molecule has 2 fully saturated rings. The summed E-state index contributed by atoms with van der Waals surface area (Å²) in [5, 5.41) is 9.60. The second-order valence-electron chi connectivity index (χ2n) is 9.59. The minimum absolute atomic E-state index is 0.865. The number of morpholine rings is 1. The Bertz CT molecular complexity index is 857. The third-order valence-electron chi connectivity index (χ3n) is 5.99. The van der Waals surface area contributed by atoms with Crippen LogP contribution in [0.25, 0.3) is 0 Å². The molecule has 0 amide bonds. The second kappa shape index (κ2) is 17.0. The third-order valence-corrected chi connectivity index (χ3v) is 5.99. The minimum Gasteiger partial charge on any atom is -0.398 e. The van der Waals surface area contributed by atoms with Crippen LogP contribution in [-0.4, -0.2) is 80.7 Å². The maximum Gasteiger partial charge on any atom is 0.0591 e. The SMILES string of the molecule is C1CNCCN1.C1COCCN1.Cc1cc(C)c(N(C)C)cc1N.Cc1ccc(N)c(C)c1N(C)C. The molecule has 8 heteroatoms. The third kappa shape index (κ3) is 11.5. The Balaban J connectivity index is 0.000000252. The molecule has 4 rings (SSSR count). The Morgan fingerprint density at radius 3 is 1.53 bits per heavy atom. The van der Waals surface area contributed by atoms with Gasteiger partial charge in [0.25, 0.3) is 0 Å². The number of ether oxygens (including phenoxy) is 1. The zero-order valence-corrected chi connectivity index (χ0v) is 23.9. The van der Waals surface area contributed by atoms with Crippen LogP contribution in [0.3, 0.4) is 0 Å². The number of nitrogens with one attached hydrogen (secondary N) is 3. The monoisotopic (exact) mass is 501 g/mol.